The van der Waals surface area contributed by atoms with E-state index in [1.54, 1.807) is 30.8 Å². The third-order valence-electron chi connectivity index (χ3n) is 3.22. The molecule has 1 rings (SSSR count). The molecule has 0 fully saturated rings. The smallest absolute Gasteiger partial charge is 0.146 e. The number of para-hydroxylation sites is 1. The molecular weight excluding hydrogens is 249 g/mol. The zero-order valence-electron chi connectivity index (χ0n) is 11.5. The summed E-state index contributed by atoms with van der Waals surface area (Å²) in [6.45, 7) is 3.74. The molecule has 102 valence electrons. The topological polar surface area (TPSA) is 23.5 Å². The van der Waals surface area contributed by atoms with Gasteiger partial charge in [-0.25, -0.2) is 4.39 Å². The minimum Gasteiger partial charge on any atom is -0.389 e. The van der Waals surface area contributed by atoms with Crippen molar-refractivity contribution in [3.8, 4) is 0 Å². The van der Waals surface area contributed by atoms with E-state index in [2.05, 4.69) is 13.2 Å². The van der Waals surface area contributed by atoms with E-state index in [4.69, 9.17) is 0 Å². The average Bonchev–Trinajstić information content (AvgIpc) is 2.34. The monoisotopic (exact) mass is 271 g/mol. The Kier molecular flexibility index (Phi) is 5.96. The van der Waals surface area contributed by atoms with E-state index >= 15 is 0 Å². The lowest BCUT2D eigenvalue weighted by Crippen LogP contribution is -2.31. The number of hydrogen-bond donors (Lipinski definition) is 1. The van der Waals surface area contributed by atoms with Crippen LogP contribution in [0, 0.1) is 5.82 Å². The zero-order valence-corrected chi connectivity index (χ0v) is 12.3. The first-order valence-electron chi connectivity index (χ1n) is 6.17. The molecule has 0 radical (unpaired) electrons. The molecule has 1 aromatic rings. The number of nitrogens with zero attached hydrogens (tertiary/aromatic N) is 1. The molecule has 0 aliphatic carbocycles. The summed E-state index contributed by atoms with van der Waals surface area (Å²) < 4.78 is 14.0. The molecule has 2 atom stereocenters. The lowest BCUT2D eigenvalue weighted by Gasteiger charge is -2.30. The van der Waals surface area contributed by atoms with Gasteiger partial charge in [0.1, 0.15) is 5.82 Å². The first kappa shape index (κ1) is 15.3. The van der Waals surface area contributed by atoms with E-state index in [1.807, 2.05) is 11.9 Å². The highest BCUT2D eigenvalue weighted by Gasteiger charge is 2.19. The van der Waals surface area contributed by atoms with E-state index in [1.165, 1.54) is 6.07 Å². The number of thioether (sulfide) groups is 1. The van der Waals surface area contributed by atoms with Gasteiger partial charge >= 0.3 is 0 Å². The molecule has 2 nitrogen and oxygen atoms in total. The second-order valence-corrected chi connectivity index (χ2v) is 5.58. The van der Waals surface area contributed by atoms with Crippen LogP contribution in [0.3, 0.4) is 0 Å². The van der Waals surface area contributed by atoms with Crippen LogP contribution in [-0.2, 0) is 0 Å². The Balaban J connectivity index is 3.00. The molecule has 4 heteroatoms. The summed E-state index contributed by atoms with van der Waals surface area (Å²) in [5.74, 6) is 0.774. The normalized spacial score (nSPS) is 14.3. The lowest BCUT2D eigenvalue weighted by atomic mass is 10.1. The van der Waals surface area contributed by atoms with Crippen LogP contribution in [0.25, 0.3) is 0 Å². The average molecular weight is 271 g/mol. The third-order valence-corrected chi connectivity index (χ3v) is 3.87. The molecule has 0 aromatic heterocycles. The van der Waals surface area contributed by atoms with Crippen molar-refractivity contribution in [1.29, 1.82) is 0 Å². The molecule has 0 aliphatic rings. The van der Waals surface area contributed by atoms with Gasteiger partial charge in [0.05, 0.1) is 11.8 Å². The second-order valence-electron chi connectivity index (χ2n) is 4.60. The number of halogens is 1. The Morgan fingerprint density at radius 1 is 1.39 bits per heavy atom. The summed E-state index contributed by atoms with van der Waals surface area (Å²) in [5.41, 5.74) is 1.16. The molecular formula is C14H22FNOS. The van der Waals surface area contributed by atoms with Crippen LogP contribution in [0.1, 0.15) is 31.9 Å². The predicted octanol–water partition coefficient (Wildman–Crippen LogP) is 3.46. The highest BCUT2D eigenvalue weighted by Crippen LogP contribution is 2.30. The van der Waals surface area contributed by atoms with Crippen LogP contribution >= 0.6 is 11.8 Å². The molecule has 18 heavy (non-hydrogen) atoms. The molecule has 0 saturated heterocycles. The van der Waals surface area contributed by atoms with Gasteiger partial charge < -0.3 is 10.0 Å². The Bertz CT molecular complexity index is 384. The van der Waals surface area contributed by atoms with E-state index in [0.717, 1.165) is 12.2 Å². The quantitative estimate of drug-likeness (QED) is 0.857. The fraction of sp³-hybridized carbons (Fsp3) is 0.571. The van der Waals surface area contributed by atoms with Crippen molar-refractivity contribution in [1.82, 2.24) is 0 Å². The van der Waals surface area contributed by atoms with Crippen molar-refractivity contribution in [2.45, 2.75) is 32.4 Å². The van der Waals surface area contributed by atoms with Gasteiger partial charge in [-0.1, -0.05) is 12.1 Å². The predicted molar refractivity (Wildman–Crippen MR) is 77.9 cm³/mol. The molecule has 0 saturated carbocycles. The first-order valence-corrected chi connectivity index (χ1v) is 7.56. The van der Waals surface area contributed by atoms with Crippen LogP contribution in [0.4, 0.5) is 10.1 Å². The van der Waals surface area contributed by atoms with Crippen LogP contribution in [0.15, 0.2) is 18.2 Å². The van der Waals surface area contributed by atoms with Gasteiger partial charge in [0.2, 0.25) is 0 Å². The second kappa shape index (κ2) is 7.00. The van der Waals surface area contributed by atoms with Gasteiger partial charge in [0.25, 0.3) is 0 Å². The van der Waals surface area contributed by atoms with E-state index in [0.29, 0.717) is 11.3 Å². The van der Waals surface area contributed by atoms with Gasteiger partial charge in [-0.15, -0.1) is 0 Å². The van der Waals surface area contributed by atoms with Gasteiger partial charge in [-0.05, 0) is 38.3 Å². The zero-order chi connectivity index (χ0) is 13.7. The highest BCUT2D eigenvalue weighted by molar-refractivity contribution is 7.98. The number of aliphatic hydroxyl groups excluding tert-OH is 1. The summed E-state index contributed by atoms with van der Waals surface area (Å²) >= 11 is 1.79. The fourth-order valence-electron chi connectivity index (χ4n) is 1.94. The molecule has 1 N–H and O–H groups in total. The molecule has 0 heterocycles. The number of rotatable bonds is 6. The van der Waals surface area contributed by atoms with Crippen molar-refractivity contribution in [3.05, 3.63) is 29.6 Å². The minimum atomic E-state index is -0.661. The van der Waals surface area contributed by atoms with Gasteiger partial charge in [-0.3, -0.25) is 0 Å². The van der Waals surface area contributed by atoms with Gasteiger partial charge in [0.15, 0.2) is 0 Å². The number of benzene rings is 1. The van der Waals surface area contributed by atoms with Crippen LogP contribution in [0.2, 0.25) is 0 Å². The maximum Gasteiger partial charge on any atom is 0.146 e. The summed E-state index contributed by atoms with van der Waals surface area (Å²) in [6, 6.07) is 5.10. The lowest BCUT2D eigenvalue weighted by molar-refractivity contribution is 0.199. The van der Waals surface area contributed by atoms with E-state index < -0.39 is 6.10 Å². The maximum absolute atomic E-state index is 14.0. The first-order chi connectivity index (χ1) is 8.49. The van der Waals surface area contributed by atoms with Crippen molar-refractivity contribution < 1.29 is 9.50 Å². The van der Waals surface area contributed by atoms with E-state index in [-0.39, 0.29) is 11.9 Å². The minimum absolute atomic E-state index is 0.242. The summed E-state index contributed by atoms with van der Waals surface area (Å²) in [7, 11) is 1.88. The molecule has 0 bridgehead atoms. The molecule has 1 aromatic carbocycles. The third kappa shape index (κ3) is 3.62. The summed E-state index contributed by atoms with van der Waals surface area (Å²) in [6.07, 6.45) is 2.40. The number of hydrogen-bond acceptors (Lipinski definition) is 3. The Morgan fingerprint density at radius 3 is 2.61 bits per heavy atom. The Hall–Kier alpha value is -0.740. The van der Waals surface area contributed by atoms with Crippen LogP contribution in [-0.4, -0.2) is 30.2 Å². The Labute approximate surface area is 113 Å². The van der Waals surface area contributed by atoms with Crippen molar-refractivity contribution in [3.63, 3.8) is 0 Å². The summed E-state index contributed by atoms with van der Waals surface area (Å²) in [5, 5.41) is 9.74. The number of aliphatic hydroxyl groups is 1. The van der Waals surface area contributed by atoms with Gasteiger partial charge in [0, 0.05) is 18.7 Å². The number of anilines is 1. The maximum atomic E-state index is 14.0. The van der Waals surface area contributed by atoms with Crippen molar-refractivity contribution >= 4 is 17.4 Å². The van der Waals surface area contributed by atoms with Gasteiger partial charge in [-0.2, -0.15) is 11.8 Å². The van der Waals surface area contributed by atoms with Crippen molar-refractivity contribution in [2.24, 2.45) is 0 Å². The largest absolute Gasteiger partial charge is 0.389 e. The standard InChI is InChI=1S/C14H22FNOS/c1-10(8-9-18-4)16(3)14-12(11(2)17)6-5-7-13(14)15/h5-7,10-11,17H,8-9H2,1-4H3/t10?,11-/m0/s1. The fourth-order valence-corrected chi connectivity index (χ4v) is 2.52. The van der Waals surface area contributed by atoms with Crippen molar-refractivity contribution in [2.75, 3.05) is 24.0 Å². The SMILES string of the molecule is CSCCC(C)N(C)c1c(F)cccc1[C@H](C)O. The highest BCUT2D eigenvalue weighted by atomic mass is 32.2. The molecule has 0 aliphatic heterocycles. The van der Waals surface area contributed by atoms with Crippen LogP contribution < -0.4 is 4.90 Å². The molecule has 0 spiro atoms. The van der Waals surface area contributed by atoms with E-state index in [9.17, 15) is 9.50 Å². The summed E-state index contributed by atoms with van der Waals surface area (Å²) in [4.78, 5) is 1.92. The molecule has 0 amide bonds. The molecule has 1 unspecified atom stereocenters. The Morgan fingerprint density at radius 2 is 2.06 bits per heavy atom. The van der Waals surface area contributed by atoms with Crippen LogP contribution in [0.5, 0.6) is 0 Å².